The topological polar surface area (TPSA) is 86.4 Å². The van der Waals surface area contributed by atoms with Gasteiger partial charge < -0.3 is 14.8 Å². The highest BCUT2D eigenvalue weighted by Gasteiger charge is 2.46. The van der Waals surface area contributed by atoms with Crippen LogP contribution in [0.2, 0.25) is 0 Å². The summed E-state index contributed by atoms with van der Waals surface area (Å²) in [5, 5.41) is 3.78. The van der Waals surface area contributed by atoms with E-state index in [2.05, 4.69) is 9.97 Å². The molecule has 4 aromatic rings. The number of aromatic nitrogens is 2. The molecule has 5 rings (SSSR count). The lowest BCUT2D eigenvalue weighted by molar-refractivity contribution is -0.135. The number of aryl methyl sites for hydroxylation is 1. The summed E-state index contributed by atoms with van der Waals surface area (Å²) in [6.07, 6.45) is 0.132. The number of thiophene rings is 2. The van der Waals surface area contributed by atoms with Crippen LogP contribution in [0.25, 0.3) is 10.2 Å². The Morgan fingerprint density at radius 1 is 1.15 bits per heavy atom. The molecule has 1 aromatic carbocycles. The van der Waals surface area contributed by atoms with E-state index in [-0.39, 0.29) is 36.4 Å². The van der Waals surface area contributed by atoms with Gasteiger partial charge in [-0.05, 0) is 41.9 Å². The second-order valence-corrected chi connectivity index (χ2v) is 10.1. The maximum Gasteiger partial charge on any atom is 0.268 e. The molecule has 9 heteroatoms. The molecule has 2 amide bonds. The second-order valence-electron chi connectivity index (χ2n) is 8.21. The molecule has 1 aliphatic rings. The van der Waals surface area contributed by atoms with Crippen LogP contribution in [0.1, 0.15) is 28.7 Å². The van der Waals surface area contributed by atoms with Gasteiger partial charge in [-0.25, -0.2) is 4.98 Å². The molecule has 0 aliphatic carbocycles. The first-order chi connectivity index (χ1) is 15.9. The van der Waals surface area contributed by atoms with Crippen molar-refractivity contribution in [3.63, 3.8) is 0 Å². The van der Waals surface area contributed by atoms with Crippen molar-refractivity contribution >= 4 is 50.4 Å². The highest BCUT2D eigenvalue weighted by Crippen LogP contribution is 2.43. The Morgan fingerprint density at radius 3 is 2.67 bits per heavy atom. The second kappa shape index (κ2) is 8.57. The van der Waals surface area contributed by atoms with Crippen molar-refractivity contribution < 1.29 is 9.59 Å². The minimum Gasteiger partial charge on any atom is -0.338 e. The number of anilines is 1. The van der Waals surface area contributed by atoms with E-state index in [0.717, 1.165) is 16.1 Å². The normalized spacial score (nSPS) is 18.2. The smallest absolute Gasteiger partial charge is 0.268 e. The number of rotatable bonds is 5. The van der Waals surface area contributed by atoms with Crippen molar-refractivity contribution in [2.75, 3.05) is 11.9 Å². The maximum absolute atomic E-state index is 13.6. The van der Waals surface area contributed by atoms with Gasteiger partial charge in [0.25, 0.3) is 5.56 Å². The fraction of sp³-hybridized carbons (Fsp3) is 0.250. The molecule has 1 N–H and O–H groups in total. The third-order valence-corrected chi connectivity index (χ3v) is 7.76. The summed E-state index contributed by atoms with van der Waals surface area (Å²) in [5.74, 6) is -0.326. The third kappa shape index (κ3) is 3.98. The zero-order chi connectivity index (χ0) is 23.1. The van der Waals surface area contributed by atoms with Crippen molar-refractivity contribution in [2.24, 2.45) is 5.92 Å². The number of fused-ring (bicyclic) bond motifs is 1. The van der Waals surface area contributed by atoms with Crippen molar-refractivity contribution in [3.8, 4) is 0 Å². The molecule has 0 unspecified atom stereocenters. The number of amides is 2. The van der Waals surface area contributed by atoms with Gasteiger partial charge in [-0.15, -0.1) is 22.7 Å². The van der Waals surface area contributed by atoms with Gasteiger partial charge >= 0.3 is 0 Å². The summed E-state index contributed by atoms with van der Waals surface area (Å²) in [5.41, 5.74) is 2.31. The average Bonchev–Trinajstić information content (AvgIpc) is 3.53. The first-order valence-electron chi connectivity index (χ1n) is 10.6. The molecule has 1 fully saturated rings. The van der Waals surface area contributed by atoms with Crippen LogP contribution in [0.3, 0.4) is 0 Å². The Labute approximate surface area is 198 Å². The van der Waals surface area contributed by atoms with Crippen LogP contribution in [0.4, 0.5) is 5.69 Å². The molecular formula is C24H22N4O3S2. The number of carbonyl (C=O) groups is 2. The number of H-pyrrole nitrogens is 1. The van der Waals surface area contributed by atoms with E-state index in [1.165, 1.54) is 11.3 Å². The third-order valence-electron chi connectivity index (χ3n) is 5.91. The minimum absolute atomic E-state index is 0.0739. The summed E-state index contributed by atoms with van der Waals surface area (Å²) < 4.78 is 0.570. The zero-order valence-electron chi connectivity index (χ0n) is 18.1. The molecule has 0 radical (unpaired) electrons. The molecule has 7 nitrogen and oxygen atoms in total. The van der Waals surface area contributed by atoms with Crippen molar-refractivity contribution in [2.45, 2.75) is 25.9 Å². The van der Waals surface area contributed by atoms with Gasteiger partial charge in [-0.3, -0.25) is 14.4 Å². The van der Waals surface area contributed by atoms with E-state index in [1.807, 2.05) is 54.1 Å². The zero-order valence-corrected chi connectivity index (χ0v) is 19.8. The Hall–Kier alpha value is -3.30. The fourth-order valence-electron chi connectivity index (χ4n) is 4.33. The number of carbonyl (C=O) groups excluding carboxylic acids is 2. The number of benzene rings is 1. The van der Waals surface area contributed by atoms with E-state index < -0.39 is 5.92 Å². The SMILES string of the molecule is Cc1ccc(N2C(=O)C[C@@H](C(=O)N(C)Cc3nc4ccsc4c(=O)[nH]3)[C@@H]2c2cccs2)cc1. The molecular weight excluding hydrogens is 456 g/mol. The highest BCUT2D eigenvalue weighted by atomic mass is 32.1. The van der Waals surface area contributed by atoms with E-state index in [0.29, 0.717) is 16.0 Å². The molecule has 1 saturated heterocycles. The predicted octanol–water partition coefficient (Wildman–Crippen LogP) is 4.11. The first-order valence-corrected chi connectivity index (χ1v) is 12.3. The standard InChI is InChI=1S/C24H22N4O3S2/c1-14-5-7-15(8-6-14)28-20(29)12-16(21(28)18-4-3-10-32-18)24(31)27(2)13-19-25-17-9-11-33-22(17)23(30)26-19/h3-11,16,21H,12-13H2,1-2H3,(H,25,26,30)/t16-,21-/m1/s1. The van der Waals surface area contributed by atoms with Crippen LogP contribution >= 0.6 is 22.7 Å². The predicted molar refractivity (Wildman–Crippen MR) is 131 cm³/mol. The largest absolute Gasteiger partial charge is 0.338 e. The molecule has 168 valence electrons. The Morgan fingerprint density at radius 2 is 1.94 bits per heavy atom. The molecule has 3 aromatic heterocycles. The fourth-order valence-corrected chi connectivity index (χ4v) is 5.94. The lowest BCUT2D eigenvalue weighted by Crippen LogP contribution is -2.37. The van der Waals surface area contributed by atoms with Crippen molar-refractivity contribution in [1.82, 2.24) is 14.9 Å². The van der Waals surface area contributed by atoms with E-state index in [1.54, 1.807) is 34.3 Å². The summed E-state index contributed by atoms with van der Waals surface area (Å²) in [7, 11) is 1.69. The van der Waals surface area contributed by atoms with E-state index in [9.17, 15) is 14.4 Å². The Bertz CT molecular complexity index is 1370. The van der Waals surface area contributed by atoms with Crippen LogP contribution in [0.5, 0.6) is 0 Å². The first kappa shape index (κ1) is 21.5. The maximum atomic E-state index is 13.6. The number of nitrogens with one attached hydrogen (secondary N) is 1. The molecule has 0 bridgehead atoms. The van der Waals surface area contributed by atoms with Crippen LogP contribution in [0.15, 0.2) is 58.0 Å². The van der Waals surface area contributed by atoms with Gasteiger partial charge in [0.15, 0.2) is 0 Å². The summed E-state index contributed by atoms with van der Waals surface area (Å²) in [6.45, 7) is 2.16. The highest BCUT2D eigenvalue weighted by molar-refractivity contribution is 7.17. The summed E-state index contributed by atoms with van der Waals surface area (Å²) in [6, 6.07) is 13.1. The van der Waals surface area contributed by atoms with Crippen molar-refractivity contribution in [1.29, 1.82) is 0 Å². The van der Waals surface area contributed by atoms with E-state index >= 15 is 0 Å². The van der Waals surface area contributed by atoms with Crippen LogP contribution in [-0.2, 0) is 16.1 Å². The monoisotopic (exact) mass is 478 g/mol. The lowest BCUT2D eigenvalue weighted by Gasteiger charge is -2.29. The van der Waals surface area contributed by atoms with Gasteiger partial charge in [0.1, 0.15) is 10.5 Å². The number of hydrogen-bond donors (Lipinski definition) is 1. The molecule has 33 heavy (non-hydrogen) atoms. The minimum atomic E-state index is -0.529. The average molecular weight is 479 g/mol. The number of nitrogens with zero attached hydrogens (tertiary/aromatic N) is 3. The summed E-state index contributed by atoms with van der Waals surface area (Å²) >= 11 is 2.88. The van der Waals surface area contributed by atoms with E-state index in [4.69, 9.17) is 0 Å². The number of hydrogen-bond acceptors (Lipinski definition) is 6. The Kier molecular flexibility index (Phi) is 5.59. The van der Waals surface area contributed by atoms with Gasteiger partial charge in [0, 0.05) is 24.0 Å². The van der Waals surface area contributed by atoms with Gasteiger partial charge in [-0.2, -0.15) is 0 Å². The summed E-state index contributed by atoms with van der Waals surface area (Å²) in [4.78, 5) is 50.5. The van der Waals surface area contributed by atoms with Gasteiger partial charge in [0.05, 0.1) is 24.0 Å². The molecule has 2 atom stereocenters. The quantitative estimate of drug-likeness (QED) is 0.468. The number of aromatic amines is 1. The molecule has 0 saturated carbocycles. The Balaban J connectivity index is 1.44. The van der Waals surface area contributed by atoms with Crippen LogP contribution in [-0.4, -0.2) is 33.7 Å². The lowest BCUT2D eigenvalue weighted by atomic mass is 9.97. The van der Waals surface area contributed by atoms with Gasteiger partial charge in [0.2, 0.25) is 11.8 Å². The molecule has 4 heterocycles. The molecule has 0 spiro atoms. The van der Waals surface area contributed by atoms with Gasteiger partial charge in [-0.1, -0.05) is 23.8 Å². The van der Waals surface area contributed by atoms with Crippen LogP contribution in [0, 0.1) is 12.8 Å². The van der Waals surface area contributed by atoms with Crippen LogP contribution < -0.4 is 10.5 Å². The molecule has 1 aliphatic heterocycles. The van der Waals surface area contributed by atoms with Crippen molar-refractivity contribution in [3.05, 3.63) is 79.8 Å².